The van der Waals surface area contributed by atoms with Crippen LogP contribution in [0.25, 0.3) is 6.08 Å². The van der Waals surface area contributed by atoms with Gasteiger partial charge >= 0.3 is 0 Å². The summed E-state index contributed by atoms with van der Waals surface area (Å²) in [5.41, 5.74) is 1.09. The first kappa shape index (κ1) is 9.52. The van der Waals surface area contributed by atoms with Crippen LogP contribution in [0.2, 0.25) is 0 Å². The van der Waals surface area contributed by atoms with Gasteiger partial charge in [0, 0.05) is 20.2 Å². The summed E-state index contributed by atoms with van der Waals surface area (Å²) in [6.07, 6.45) is 3.67. The van der Waals surface area contributed by atoms with Crippen LogP contribution in [-0.2, 0) is 4.79 Å². The van der Waals surface area contributed by atoms with Crippen molar-refractivity contribution in [2.24, 2.45) is 0 Å². The lowest BCUT2D eigenvalue weighted by Crippen LogP contribution is -2.16. The number of carbonyl (C=O) groups excluding carboxylic acids is 1. The van der Waals surface area contributed by atoms with E-state index in [2.05, 4.69) is 0 Å². The van der Waals surface area contributed by atoms with Crippen LogP contribution < -0.4 is 0 Å². The molecule has 2 nitrogen and oxygen atoms in total. The van der Waals surface area contributed by atoms with E-state index in [9.17, 15) is 4.79 Å². The lowest BCUT2D eigenvalue weighted by Gasteiger charge is -2.06. The molecule has 1 aromatic carbocycles. The Morgan fingerprint density at radius 2 is 1.92 bits per heavy atom. The predicted octanol–water partition coefficient (Wildman–Crippen LogP) is 2.14. The minimum absolute atomic E-state index is 0.0344. The van der Waals surface area contributed by atoms with E-state index >= 15 is 0 Å². The number of benzene rings is 1. The summed E-state index contributed by atoms with van der Waals surface area (Å²) in [4.78, 5) is 12.4. The largest absolute Gasteiger partial charge is 0.322 e. The van der Waals surface area contributed by atoms with E-state index in [1.165, 1.54) is 6.92 Å². The number of amides is 1. The van der Waals surface area contributed by atoms with Crippen LogP contribution in [0.4, 0.5) is 0 Å². The molecule has 0 aliphatic heterocycles. The second-order valence-electron chi connectivity index (χ2n) is 2.86. The highest BCUT2D eigenvalue weighted by molar-refractivity contribution is 5.74. The molecule has 0 spiro atoms. The molecule has 0 fully saturated rings. The quantitative estimate of drug-likeness (QED) is 0.674. The first-order chi connectivity index (χ1) is 6.20. The van der Waals surface area contributed by atoms with E-state index in [4.69, 9.17) is 0 Å². The number of carbonyl (C=O) groups is 1. The van der Waals surface area contributed by atoms with Gasteiger partial charge in [-0.15, -0.1) is 0 Å². The smallest absolute Gasteiger partial charge is 0.223 e. The topological polar surface area (TPSA) is 20.3 Å². The van der Waals surface area contributed by atoms with Gasteiger partial charge in [-0.2, -0.15) is 0 Å². The molecule has 0 aromatic heterocycles. The lowest BCUT2D eigenvalue weighted by atomic mass is 10.2. The van der Waals surface area contributed by atoms with Crippen LogP contribution in [0.15, 0.2) is 36.5 Å². The van der Waals surface area contributed by atoms with Crippen LogP contribution in [-0.4, -0.2) is 17.9 Å². The lowest BCUT2D eigenvalue weighted by molar-refractivity contribution is -0.125. The maximum Gasteiger partial charge on any atom is 0.223 e. The van der Waals surface area contributed by atoms with Crippen molar-refractivity contribution in [1.82, 2.24) is 4.90 Å². The third-order valence-corrected chi connectivity index (χ3v) is 1.79. The van der Waals surface area contributed by atoms with Gasteiger partial charge in [-0.25, -0.2) is 0 Å². The Balaban J connectivity index is 2.64. The van der Waals surface area contributed by atoms with Crippen LogP contribution >= 0.6 is 0 Å². The van der Waals surface area contributed by atoms with Crippen LogP contribution in [0.3, 0.4) is 0 Å². The van der Waals surface area contributed by atoms with Crippen molar-refractivity contribution in [2.45, 2.75) is 6.92 Å². The fraction of sp³-hybridized carbons (Fsp3) is 0.182. The molecule has 2 heteroatoms. The third kappa shape index (κ3) is 3.11. The Hall–Kier alpha value is -1.57. The second-order valence-corrected chi connectivity index (χ2v) is 2.86. The van der Waals surface area contributed by atoms with E-state index in [0.717, 1.165) is 5.56 Å². The van der Waals surface area contributed by atoms with Crippen LogP contribution in [0.5, 0.6) is 0 Å². The van der Waals surface area contributed by atoms with Gasteiger partial charge in [-0.3, -0.25) is 4.79 Å². The fourth-order valence-electron chi connectivity index (χ4n) is 0.867. The van der Waals surface area contributed by atoms with Crippen LogP contribution in [0.1, 0.15) is 12.5 Å². The molecule has 0 N–H and O–H groups in total. The molecule has 1 rings (SSSR count). The summed E-state index contributed by atoms with van der Waals surface area (Å²) in [7, 11) is 1.74. The molecule has 0 saturated carbocycles. The van der Waals surface area contributed by atoms with Crippen molar-refractivity contribution in [3.63, 3.8) is 0 Å². The Labute approximate surface area is 78.5 Å². The minimum Gasteiger partial charge on any atom is -0.322 e. The van der Waals surface area contributed by atoms with Gasteiger partial charge in [0.1, 0.15) is 0 Å². The highest BCUT2D eigenvalue weighted by Gasteiger charge is 1.94. The molecule has 0 saturated heterocycles. The number of hydrogen-bond acceptors (Lipinski definition) is 1. The SMILES string of the molecule is CC(=O)N(C)/C=C/c1ccccc1. The molecule has 0 unspecified atom stereocenters. The number of nitrogens with zero attached hydrogens (tertiary/aromatic N) is 1. The standard InChI is InChI=1S/C11H13NO/c1-10(13)12(2)9-8-11-6-4-3-5-7-11/h3-9H,1-2H3/b9-8+. The Kier molecular flexibility index (Phi) is 3.26. The van der Waals surface area contributed by atoms with Gasteiger partial charge in [-0.05, 0) is 11.6 Å². The van der Waals surface area contributed by atoms with Crippen molar-refractivity contribution in [3.8, 4) is 0 Å². The molecule has 0 heterocycles. The van der Waals surface area contributed by atoms with E-state index in [1.54, 1.807) is 18.1 Å². The van der Waals surface area contributed by atoms with E-state index in [1.807, 2.05) is 36.4 Å². The molecule has 1 amide bonds. The summed E-state index contributed by atoms with van der Waals surface area (Å²) < 4.78 is 0. The Bertz CT molecular complexity index is 303. The average molecular weight is 175 g/mol. The van der Waals surface area contributed by atoms with Crippen molar-refractivity contribution in [1.29, 1.82) is 0 Å². The van der Waals surface area contributed by atoms with Gasteiger partial charge < -0.3 is 4.90 Å². The monoisotopic (exact) mass is 175 g/mol. The van der Waals surface area contributed by atoms with Gasteiger partial charge in [0.25, 0.3) is 0 Å². The zero-order chi connectivity index (χ0) is 9.68. The number of hydrogen-bond donors (Lipinski definition) is 0. The second kappa shape index (κ2) is 4.45. The summed E-state index contributed by atoms with van der Waals surface area (Å²) in [5.74, 6) is 0.0344. The highest BCUT2D eigenvalue weighted by Crippen LogP contribution is 2.01. The van der Waals surface area contributed by atoms with Crippen molar-refractivity contribution >= 4 is 12.0 Å². The minimum atomic E-state index is 0.0344. The maximum atomic E-state index is 10.8. The van der Waals surface area contributed by atoms with Gasteiger partial charge in [-0.1, -0.05) is 30.3 Å². The van der Waals surface area contributed by atoms with Crippen molar-refractivity contribution in [2.75, 3.05) is 7.05 Å². The van der Waals surface area contributed by atoms with Gasteiger partial charge in [0.2, 0.25) is 5.91 Å². The molecule has 0 atom stereocenters. The Morgan fingerprint density at radius 1 is 1.31 bits per heavy atom. The molecular formula is C11H13NO. The molecule has 0 aliphatic rings. The van der Waals surface area contributed by atoms with Crippen LogP contribution in [0, 0.1) is 0 Å². The summed E-state index contributed by atoms with van der Waals surface area (Å²) in [6.45, 7) is 1.54. The third-order valence-electron chi connectivity index (χ3n) is 1.79. The van der Waals surface area contributed by atoms with Crippen molar-refractivity contribution in [3.05, 3.63) is 42.1 Å². The summed E-state index contributed by atoms with van der Waals surface area (Å²) in [6, 6.07) is 9.88. The highest BCUT2D eigenvalue weighted by atomic mass is 16.2. The molecule has 1 aromatic rings. The fourth-order valence-corrected chi connectivity index (χ4v) is 0.867. The molecule has 68 valence electrons. The predicted molar refractivity (Wildman–Crippen MR) is 53.9 cm³/mol. The summed E-state index contributed by atoms with van der Waals surface area (Å²) in [5, 5.41) is 0. The number of rotatable bonds is 2. The first-order valence-electron chi connectivity index (χ1n) is 4.17. The van der Waals surface area contributed by atoms with E-state index < -0.39 is 0 Å². The average Bonchev–Trinajstić information content (AvgIpc) is 2.15. The zero-order valence-corrected chi connectivity index (χ0v) is 7.90. The first-order valence-corrected chi connectivity index (χ1v) is 4.17. The molecule has 0 bridgehead atoms. The van der Waals surface area contributed by atoms with E-state index in [-0.39, 0.29) is 5.91 Å². The molecule has 0 aliphatic carbocycles. The molecule has 13 heavy (non-hydrogen) atoms. The normalized spacial score (nSPS) is 10.3. The maximum absolute atomic E-state index is 10.8. The van der Waals surface area contributed by atoms with Gasteiger partial charge in [0.15, 0.2) is 0 Å². The molecular weight excluding hydrogens is 162 g/mol. The molecule has 0 radical (unpaired) electrons. The summed E-state index contributed by atoms with van der Waals surface area (Å²) >= 11 is 0. The van der Waals surface area contributed by atoms with E-state index in [0.29, 0.717) is 0 Å². The Morgan fingerprint density at radius 3 is 2.46 bits per heavy atom. The van der Waals surface area contributed by atoms with Gasteiger partial charge in [0.05, 0.1) is 0 Å². The zero-order valence-electron chi connectivity index (χ0n) is 7.90. The van der Waals surface area contributed by atoms with Crippen molar-refractivity contribution < 1.29 is 4.79 Å².